The van der Waals surface area contributed by atoms with Gasteiger partial charge in [0.25, 0.3) is 0 Å². The third-order valence-corrected chi connectivity index (χ3v) is 2.61. The van der Waals surface area contributed by atoms with Crippen molar-refractivity contribution < 1.29 is 9.47 Å². The Morgan fingerprint density at radius 1 is 0.789 bits per heavy atom. The molecule has 0 aromatic heterocycles. The van der Waals surface area contributed by atoms with Crippen LogP contribution < -0.4 is 20.9 Å². The zero-order valence-electron chi connectivity index (χ0n) is 10.7. The van der Waals surface area contributed by atoms with E-state index in [1.54, 1.807) is 0 Å². The zero-order valence-corrected chi connectivity index (χ0v) is 10.7. The van der Waals surface area contributed by atoms with Crippen molar-refractivity contribution in [2.75, 3.05) is 24.7 Å². The lowest BCUT2D eigenvalue weighted by Gasteiger charge is -2.09. The van der Waals surface area contributed by atoms with Gasteiger partial charge in [0.2, 0.25) is 0 Å². The summed E-state index contributed by atoms with van der Waals surface area (Å²) in [5.41, 5.74) is 12.8. The molecule has 0 aliphatic heterocycles. The Kier molecular flexibility index (Phi) is 4.50. The highest BCUT2D eigenvalue weighted by Crippen LogP contribution is 2.19. The number of rotatable bonds is 6. The van der Waals surface area contributed by atoms with Gasteiger partial charge in [-0.3, -0.25) is 0 Å². The van der Waals surface area contributed by atoms with Crippen LogP contribution >= 0.6 is 0 Å². The quantitative estimate of drug-likeness (QED) is 0.617. The minimum atomic E-state index is 0.573. The van der Waals surface area contributed by atoms with E-state index in [-0.39, 0.29) is 0 Å². The molecule has 0 aliphatic rings. The van der Waals surface area contributed by atoms with Gasteiger partial charge in [-0.2, -0.15) is 0 Å². The molecule has 0 aliphatic carbocycles. The molecule has 0 atom stereocenters. The molecular formula is C15H18N2O2. The Bertz CT molecular complexity index is 512. The third kappa shape index (κ3) is 4.10. The first-order chi connectivity index (χ1) is 9.25. The van der Waals surface area contributed by atoms with Crippen LogP contribution in [0.4, 0.5) is 11.4 Å². The van der Waals surface area contributed by atoms with Gasteiger partial charge in [0.1, 0.15) is 11.5 Å². The van der Waals surface area contributed by atoms with E-state index in [0.717, 1.165) is 23.6 Å². The molecule has 0 fully saturated rings. The van der Waals surface area contributed by atoms with E-state index in [4.69, 9.17) is 20.9 Å². The van der Waals surface area contributed by atoms with Crippen molar-refractivity contribution in [2.45, 2.75) is 6.42 Å². The summed E-state index contributed by atoms with van der Waals surface area (Å²) in [7, 11) is 0. The fourth-order valence-corrected chi connectivity index (χ4v) is 1.61. The van der Waals surface area contributed by atoms with Crippen molar-refractivity contribution in [3.8, 4) is 11.5 Å². The summed E-state index contributed by atoms with van der Waals surface area (Å²) in [6.07, 6.45) is 0.790. The van der Waals surface area contributed by atoms with Gasteiger partial charge < -0.3 is 20.9 Å². The molecule has 0 radical (unpaired) electrons. The highest BCUT2D eigenvalue weighted by Gasteiger charge is 1.98. The van der Waals surface area contributed by atoms with E-state index < -0.39 is 0 Å². The molecule has 0 bridgehead atoms. The van der Waals surface area contributed by atoms with Gasteiger partial charge in [0.15, 0.2) is 0 Å². The molecule has 2 rings (SSSR count). The second-order valence-electron chi connectivity index (χ2n) is 4.16. The molecule has 0 saturated heterocycles. The Labute approximate surface area is 112 Å². The van der Waals surface area contributed by atoms with Crippen LogP contribution in [0.5, 0.6) is 11.5 Å². The maximum absolute atomic E-state index is 5.77. The van der Waals surface area contributed by atoms with Gasteiger partial charge in [-0.05, 0) is 36.4 Å². The van der Waals surface area contributed by atoms with Crippen LogP contribution in [0.2, 0.25) is 0 Å². The fraction of sp³-hybridized carbons (Fsp3) is 0.200. The fourth-order valence-electron chi connectivity index (χ4n) is 1.61. The van der Waals surface area contributed by atoms with Crippen molar-refractivity contribution >= 4 is 11.4 Å². The summed E-state index contributed by atoms with van der Waals surface area (Å²) in [6, 6.07) is 14.8. The molecule has 4 heteroatoms. The highest BCUT2D eigenvalue weighted by molar-refractivity contribution is 5.51. The van der Waals surface area contributed by atoms with Gasteiger partial charge in [0, 0.05) is 12.1 Å². The average Bonchev–Trinajstić information content (AvgIpc) is 2.42. The predicted molar refractivity (Wildman–Crippen MR) is 77.3 cm³/mol. The number of ether oxygens (including phenoxy) is 2. The Balaban J connectivity index is 1.67. The second kappa shape index (κ2) is 6.54. The lowest BCUT2D eigenvalue weighted by atomic mass is 10.3. The molecule has 0 spiro atoms. The number of benzene rings is 2. The van der Waals surface area contributed by atoms with Gasteiger partial charge >= 0.3 is 0 Å². The minimum Gasteiger partial charge on any atom is -0.493 e. The van der Waals surface area contributed by atoms with Crippen LogP contribution in [0.15, 0.2) is 48.5 Å². The first-order valence-electron chi connectivity index (χ1n) is 6.21. The number of nitrogens with two attached hydrogens (primary N) is 2. The standard InChI is InChI=1S/C15H18N2O2/c16-12-6-8-13(9-7-12)18-10-3-11-19-15-5-2-1-4-14(15)17/h1-2,4-9H,3,10-11,16-17H2. The van der Waals surface area contributed by atoms with Crippen molar-refractivity contribution in [3.05, 3.63) is 48.5 Å². The molecule has 100 valence electrons. The van der Waals surface area contributed by atoms with Crippen molar-refractivity contribution in [1.29, 1.82) is 0 Å². The van der Waals surface area contributed by atoms with Crippen molar-refractivity contribution in [1.82, 2.24) is 0 Å². The Hall–Kier alpha value is -2.36. The number of nitrogen functional groups attached to an aromatic ring is 2. The first-order valence-corrected chi connectivity index (χ1v) is 6.21. The van der Waals surface area contributed by atoms with E-state index in [0.29, 0.717) is 18.9 Å². The number of hydrogen-bond acceptors (Lipinski definition) is 4. The van der Waals surface area contributed by atoms with Crippen LogP contribution in [0, 0.1) is 0 Å². The molecule has 19 heavy (non-hydrogen) atoms. The summed E-state index contributed by atoms with van der Waals surface area (Å²) in [5.74, 6) is 1.53. The van der Waals surface area contributed by atoms with Crippen LogP contribution in [0.25, 0.3) is 0 Å². The summed E-state index contributed by atoms with van der Waals surface area (Å²) < 4.78 is 11.1. The van der Waals surface area contributed by atoms with E-state index in [2.05, 4.69) is 0 Å². The normalized spacial score (nSPS) is 10.1. The van der Waals surface area contributed by atoms with Crippen LogP contribution in [0.1, 0.15) is 6.42 Å². The number of anilines is 2. The molecule has 2 aromatic rings. The zero-order chi connectivity index (χ0) is 13.5. The molecular weight excluding hydrogens is 240 g/mol. The molecule has 4 nitrogen and oxygen atoms in total. The largest absolute Gasteiger partial charge is 0.493 e. The first kappa shape index (κ1) is 13.1. The minimum absolute atomic E-state index is 0.573. The number of hydrogen-bond donors (Lipinski definition) is 2. The molecule has 0 heterocycles. The van der Waals surface area contributed by atoms with Crippen molar-refractivity contribution in [3.63, 3.8) is 0 Å². The Morgan fingerprint density at radius 2 is 1.47 bits per heavy atom. The van der Waals surface area contributed by atoms with Gasteiger partial charge in [0.05, 0.1) is 18.9 Å². The summed E-state index contributed by atoms with van der Waals surface area (Å²) in [4.78, 5) is 0. The van der Waals surface area contributed by atoms with Crippen LogP contribution in [-0.2, 0) is 0 Å². The van der Waals surface area contributed by atoms with Gasteiger partial charge in [-0.15, -0.1) is 0 Å². The number of para-hydroxylation sites is 2. The molecule has 0 amide bonds. The summed E-state index contributed by atoms with van der Waals surface area (Å²) in [6.45, 7) is 1.17. The van der Waals surface area contributed by atoms with E-state index in [9.17, 15) is 0 Å². The topological polar surface area (TPSA) is 70.5 Å². The van der Waals surface area contributed by atoms with Crippen LogP contribution in [-0.4, -0.2) is 13.2 Å². The van der Waals surface area contributed by atoms with Crippen LogP contribution in [0.3, 0.4) is 0 Å². The molecule has 2 aromatic carbocycles. The van der Waals surface area contributed by atoms with Gasteiger partial charge in [-0.25, -0.2) is 0 Å². The summed E-state index contributed by atoms with van der Waals surface area (Å²) in [5, 5.41) is 0. The smallest absolute Gasteiger partial charge is 0.142 e. The SMILES string of the molecule is Nc1ccc(OCCCOc2ccccc2N)cc1. The third-order valence-electron chi connectivity index (χ3n) is 2.61. The average molecular weight is 258 g/mol. The maximum Gasteiger partial charge on any atom is 0.142 e. The second-order valence-corrected chi connectivity index (χ2v) is 4.16. The van der Waals surface area contributed by atoms with E-state index >= 15 is 0 Å². The predicted octanol–water partition coefficient (Wildman–Crippen LogP) is 2.70. The summed E-state index contributed by atoms with van der Waals surface area (Å²) >= 11 is 0. The van der Waals surface area contributed by atoms with Crippen molar-refractivity contribution in [2.24, 2.45) is 0 Å². The highest BCUT2D eigenvalue weighted by atomic mass is 16.5. The Morgan fingerprint density at radius 3 is 2.21 bits per heavy atom. The molecule has 0 unspecified atom stereocenters. The van der Waals surface area contributed by atoms with E-state index in [1.165, 1.54) is 0 Å². The van der Waals surface area contributed by atoms with E-state index in [1.807, 2.05) is 48.5 Å². The van der Waals surface area contributed by atoms with Gasteiger partial charge in [-0.1, -0.05) is 12.1 Å². The lowest BCUT2D eigenvalue weighted by molar-refractivity contribution is 0.248. The maximum atomic E-state index is 5.77. The molecule has 4 N–H and O–H groups in total. The lowest BCUT2D eigenvalue weighted by Crippen LogP contribution is -2.06. The molecule has 0 saturated carbocycles. The monoisotopic (exact) mass is 258 g/mol.